The molecule has 0 bridgehead atoms. The van der Waals surface area contributed by atoms with Crippen molar-refractivity contribution in [3.05, 3.63) is 71.8 Å². The van der Waals surface area contributed by atoms with Crippen molar-refractivity contribution in [2.24, 2.45) is 4.99 Å². The van der Waals surface area contributed by atoms with Gasteiger partial charge in [-0.15, -0.1) is 24.0 Å². The zero-order valence-corrected chi connectivity index (χ0v) is 14.4. The number of nitrogens with one attached hydrogen (secondary N) is 1. The van der Waals surface area contributed by atoms with Crippen LogP contribution in [0.5, 0.6) is 0 Å². The average molecular weight is 393 g/mol. The lowest BCUT2D eigenvalue weighted by Gasteiger charge is -2.17. The summed E-state index contributed by atoms with van der Waals surface area (Å²) in [5, 5.41) is 3.35. The molecule has 3 rings (SSSR count). The van der Waals surface area contributed by atoms with Crippen LogP contribution in [0.1, 0.15) is 17.2 Å². The summed E-state index contributed by atoms with van der Waals surface area (Å²) >= 11 is 0. The molecule has 1 saturated heterocycles. The van der Waals surface area contributed by atoms with E-state index in [9.17, 15) is 0 Å². The van der Waals surface area contributed by atoms with Gasteiger partial charge in [-0.05, 0) is 11.1 Å². The summed E-state index contributed by atoms with van der Waals surface area (Å²) in [6.07, 6.45) is 0. The molecule has 3 nitrogen and oxygen atoms in total. The molecule has 1 heterocycles. The molecule has 1 aliphatic heterocycles. The number of nitrogens with zero attached hydrogens (tertiary/aromatic N) is 2. The van der Waals surface area contributed by atoms with Gasteiger partial charge < -0.3 is 10.2 Å². The zero-order chi connectivity index (χ0) is 13.8. The summed E-state index contributed by atoms with van der Waals surface area (Å²) in [6.45, 7) is 1.97. The van der Waals surface area contributed by atoms with Gasteiger partial charge in [0.2, 0.25) is 0 Å². The predicted molar refractivity (Wildman–Crippen MR) is 98.2 cm³/mol. The lowest BCUT2D eigenvalue weighted by Crippen LogP contribution is -2.27. The summed E-state index contributed by atoms with van der Waals surface area (Å²) in [5.74, 6) is 0.975. The Labute approximate surface area is 143 Å². The molecule has 0 spiro atoms. The van der Waals surface area contributed by atoms with E-state index in [0.717, 1.165) is 19.0 Å². The topological polar surface area (TPSA) is 27.6 Å². The molecule has 110 valence electrons. The van der Waals surface area contributed by atoms with E-state index in [-0.39, 0.29) is 30.0 Å². The molecule has 0 aromatic heterocycles. The largest absolute Gasteiger partial charge is 0.354 e. The van der Waals surface area contributed by atoms with Crippen molar-refractivity contribution < 1.29 is 0 Å². The second-order valence-corrected chi connectivity index (χ2v) is 5.02. The van der Waals surface area contributed by atoms with Crippen LogP contribution in [-0.4, -0.2) is 31.0 Å². The van der Waals surface area contributed by atoms with E-state index in [4.69, 9.17) is 4.99 Å². The van der Waals surface area contributed by atoms with Gasteiger partial charge in [0, 0.05) is 20.1 Å². The Morgan fingerprint density at radius 3 is 1.90 bits per heavy atom. The maximum absolute atomic E-state index is 4.93. The van der Waals surface area contributed by atoms with Crippen LogP contribution in [-0.2, 0) is 0 Å². The zero-order valence-electron chi connectivity index (χ0n) is 12.1. The van der Waals surface area contributed by atoms with E-state index < -0.39 is 0 Å². The number of halogens is 1. The van der Waals surface area contributed by atoms with Gasteiger partial charge >= 0.3 is 0 Å². The molecule has 2 aromatic carbocycles. The van der Waals surface area contributed by atoms with Crippen LogP contribution in [0.4, 0.5) is 0 Å². The second kappa shape index (κ2) is 7.45. The molecule has 21 heavy (non-hydrogen) atoms. The van der Waals surface area contributed by atoms with Gasteiger partial charge in [0.15, 0.2) is 5.96 Å². The van der Waals surface area contributed by atoms with Crippen molar-refractivity contribution >= 4 is 29.9 Å². The summed E-state index contributed by atoms with van der Waals surface area (Å²) < 4.78 is 0. The molecule has 1 N–H and O–H groups in total. The molecule has 0 atom stereocenters. The quantitative estimate of drug-likeness (QED) is 0.811. The molecule has 2 aromatic rings. The molecular formula is C17H20IN3. The minimum Gasteiger partial charge on any atom is -0.354 e. The third-order valence-corrected chi connectivity index (χ3v) is 3.57. The van der Waals surface area contributed by atoms with Crippen LogP contribution in [0.25, 0.3) is 0 Å². The number of aliphatic imine (C=N–C) groups is 1. The lowest BCUT2D eigenvalue weighted by atomic mass is 9.99. The normalized spacial score (nSPS) is 15.9. The van der Waals surface area contributed by atoms with Crippen LogP contribution in [0.3, 0.4) is 0 Å². The first kappa shape index (κ1) is 15.8. The van der Waals surface area contributed by atoms with Crippen LogP contribution in [0, 0.1) is 0 Å². The first-order valence-electron chi connectivity index (χ1n) is 6.97. The molecule has 0 aliphatic carbocycles. The lowest BCUT2D eigenvalue weighted by molar-refractivity contribution is 0.558. The number of likely N-dealkylation sites (N-methyl/N-ethyl adjacent to an activating group) is 1. The molecule has 0 saturated carbocycles. The molecule has 0 radical (unpaired) electrons. The monoisotopic (exact) mass is 393 g/mol. The Morgan fingerprint density at radius 1 is 0.952 bits per heavy atom. The van der Waals surface area contributed by atoms with Crippen molar-refractivity contribution in [2.75, 3.05) is 20.1 Å². The average Bonchev–Trinajstić information content (AvgIpc) is 2.92. The molecular weight excluding hydrogens is 373 g/mol. The van der Waals surface area contributed by atoms with Crippen molar-refractivity contribution in [2.45, 2.75) is 6.04 Å². The molecule has 1 fully saturated rings. The van der Waals surface area contributed by atoms with Gasteiger partial charge in [-0.2, -0.15) is 0 Å². The highest BCUT2D eigenvalue weighted by atomic mass is 127. The van der Waals surface area contributed by atoms with Gasteiger partial charge in [-0.1, -0.05) is 60.7 Å². The number of benzene rings is 2. The van der Waals surface area contributed by atoms with Gasteiger partial charge in [0.1, 0.15) is 6.04 Å². The third-order valence-electron chi connectivity index (χ3n) is 3.57. The van der Waals surface area contributed by atoms with E-state index in [1.165, 1.54) is 11.1 Å². The fraction of sp³-hybridized carbons (Fsp3) is 0.235. The summed E-state index contributed by atoms with van der Waals surface area (Å²) in [5.41, 5.74) is 2.43. The summed E-state index contributed by atoms with van der Waals surface area (Å²) in [4.78, 5) is 7.09. The maximum Gasteiger partial charge on any atom is 0.194 e. The van der Waals surface area contributed by atoms with Crippen molar-refractivity contribution in [1.29, 1.82) is 0 Å². The van der Waals surface area contributed by atoms with E-state index in [2.05, 4.69) is 65.8 Å². The highest BCUT2D eigenvalue weighted by Gasteiger charge is 2.18. The predicted octanol–water partition coefficient (Wildman–Crippen LogP) is 3.29. The van der Waals surface area contributed by atoms with Crippen LogP contribution >= 0.6 is 24.0 Å². The minimum atomic E-state index is 0. The van der Waals surface area contributed by atoms with Crippen molar-refractivity contribution in [1.82, 2.24) is 10.2 Å². The van der Waals surface area contributed by atoms with Crippen LogP contribution < -0.4 is 5.32 Å². The van der Waals surface area contributed by atoms with E-state index in [1.54, 1.807) is 0 Å². The van der Waals surface area contributed by atoms with Gasteiger partial charge in [-0.3, -0.25) is 0 Å². The van der Waals surface area contributed by atoms with Crippen molar-refractivity contribution in [3.63, 3.8) is 0 Å². The number of rotatable bonds is 3. The number of hydrogen-bond donors (Lipinski definition) is 1. The summed E-state index contributed by atoms with van der Waals surface area (Å²) in [6, 6.07) is 20.9. The standard InChI is InChI=1S/C17H19N3.HI/c1-20-13-12-18-17(20)19-16(14-8-4-2-5-9-14)15-10-6-3-7-11-15;/h2-11,16H,12-13H2,1H3,(H,18,19);1H. The van der Waals surface area contributed by atoms with E-state index in [1.807, 2.05) is 12.1 Å². The first-order chi connectivity index (χ1) is 9.84. The van der Waals surface area contributed by atoms with E-state index in [0.29, 0.717) is 0 Å². The second-order valence-electron chi connectivity index (χ2n) is 5.02. The first-order valence-corrected chi connectivity index (χ1v) is 6.97. The van der Waals surface area contributed by atoms with Gasteiger partial charge in [0.05, 0.1) is 0 Å². The number of hydrogen-bond acceptors (Lipinski definition) is 1. The Bertz CT molecular complexity index is 544. The Hall–Kier alpha value is -1.56. The molecule has 4 heteroatoms. The molecule has 0 amide bonds. The van der Waals surface area contributed by atoms with Crippen molar-refractivity contribution in [3.8, 4) is 0 Å². The number of guanidine groups is 1. The fourth-order valence-electron chi connectivity index (χ4n) is 2.45. The SMILES string of the molecule is CN1CCN/C1=N\C(c1ccccc1)c1ccccc1.I. The summed E-state index contributed by atoms with van der Waals surface area (Å²) in [7, 11) is 2.08. The van der Waals surface area contributed by atoms with Gasteiger partial charge in [-0.25, -0.2) is 4.99 Å². The Kier molecular flexibility index (Phi) is 5.61. The van der Waals surface area contributed by atoms with Crippen LogP contribution in [0.15, 0.2) is 65.7 Å². The molecule has 0 unspecified atom stereocenters. The third kappa shape index (κ3) is 3.75. The molecule has 1 aliphatic rings. The van der Waals surface area contributed by atoms with Crippen LogP contribution in [0.2, 0.25) is 0 Å². The van der Waals surface area contributed by atoms with E-state index >= 15 is 0 Å². The van der Waals surface area contributed by atoms with Gasteiger partial charge in [0.25, 0.3) is 0 Å². The minimum absolute atomic E-state index is 0. The highest BCUT2D eigenvalue weighted by Crippen LogP contribution is 2.26. The fourth-order valence-corrected chi connectivity index (χ4v) is 2.45. The maximum atomic E-state index is 4.93. The Balaban J connectivity index is 0.00000161. The Morgan fingerprint density at radius 2 is 1.48 bits per heavy atom. The smallest absolute Gasteiger partial charge is 0.194 e. The highest BCUT2D eigenvalue weighted by molar-refractivity contribution is 14.0.